The van der Waals surface area contributed by atoms with Crippen molar-refractivity contribution in [2.75, 3.05) is 0 Å². The van der Waals surface area contributed by atoms with Gasteiger partial charge in [0.05, 0.1) is 11.5 Å². The van der Waals surface area contributed by atoms with E-state index < -0.39 is 17.5 Å². The van der Waals surface area contributed by atoms with Crippen LogP contribution in [0, 0.1) is 28.1 Å². The summed E-state index contributed by atoms with van der Waals surface area (Å²) in [4.78, 5) is 12.0. The molecule has 6 atom stereocenters. The maximum Gasteiger partial charge on any atom is 0.309 e. The average molecular weight is 316 g/mol. The first-order valence-corrected chi connectivity index (χ1v) is 9.01. The maximum atomic E-state index is 12.0. The van der Waals surface area contributed by atoms with E-state index in [4.69, 9.17) is 0 Å². The van der Waals surface area contributed by atoms with Crippen LogP contribution in [0.1, 0.15) is 58.8 Å². The lowest BCUT2D eigenvalue weighted by molar-refractivity contribution is -0.168. The summed E-state index contributed by atoms with van der Waals surface area (Å²) >= 11 is 0. The van der Waals surface area contributed by atoms with Crippen LogP contribution in [-0.2, 0) is 4.79 Å². The minimum atomic E-state index is -0.818. The second-order valence-electron chi connectivity index (χ2n) is 9.16. The molecule has 0 aromatic rings. The molecule has 126 valence electrons. The second-order valence-corrected chi connectivity index (χ2v) is 9.16. The van der Waals surface area contributed by atoms with Crippen LogP contribution < -0.4 is 0 Å². The van der Waals surface area contributed by atoms with Crippen molar-refractivity contribution in [3.8, 4) is 0 Å². The van der Waals surface area contributed by atoms with Gasteiger partial charge in [-0.15, -0.1) is 0 Å². The molecule has 0 aromatic heterocycles. The van der Waals surface area contributed by atoms with Gasteiger partial charge >= 0.3 is 5.97 Å². The van der Waals surface area contributed by atoms with E-state index in [1.807, 2.05) is 6.92 Å². The van der Waals surface area contributed by atoms with Crippen molar-refractivity contribution in [3.05, 3.63) is 23.8 Å². The number of hydrogen-bond acceptors (Lipinski definition) is 2. The van der Waals surface area contributed by atoms with Crippen LogP contribution in [0.3, 0.4) is 0 Å². The Balaban J connectivity index is 1.82. The third-order valence-corrected chi connectivity index (χ3v) is 7.83. The fourth-order valence-electron chi connectivity index (χ4n) is 6.99. The van der Waals surface area contributed by atoms with Crippen molar-refractivity contribution in [3.63, 3.8) is 0 Å². The molecule has 23 heavy (non-hydrogen) atoms. The molecule has 4 aliphatic carbocycles. The quantitative estimate of drug-likeness (QED) is 0.721. The monoisotopic (exact) mass is 316 g/mol. The van der Waals surface area contributed by atoms with Gasteiger partial charge in [0.15, 0.2) is 0 Å². The first kappa shape index (κ1) is 15.4. The number of carboxylic acid groups (broad SMARTS) is 1. The first-order chi connectivity index (χ1) is 10.7. The van der Waals surface area contributed by atoms with E-state index in [-0.39, 0.29) is 16.7 Å². The van der Waals surface area contributed by atoms with Crippen molar-refractivity contribution in [2.24, 2.45) is 28.1 Å². The number of rotatable bonds is 1. The molecule has 0 unspecified atom stereocenters. The Morgan fingerprint density at radius 3 is 2.74 bits per heavy atom. The van der Waals surface area contributed by atoms with E-state index in [1.54, 1.807) is 0 Å². The molecule has 2 N–H and O–H groups in total. The molecule has 0 aromatic carbocycles. The minimum Gasteiger partial charge on any atom is -0.481 e. The van der Waals surface area contributed by atoms with Crippen LogP contribution in [-0.4, -0.2) is 22.3 Å². The highest BCUT2D eigenvalue weighted by atomic mass is 16.4. The van der Waals surface area contributed by atoms with Crippen molar-refractivity contribution >= 4 is 5.97 Å². The van der Waals surface area contributed by atoms with Gasteiger partial charge < -0.3 is 10.2 Å². The van der Waals surface area contributed by atoms with Crippen LogP contribution in [0.15, 0.2) is 23.8 Å². The van der Waals surface area contributed by atoms with Gasteiger partial charge in [-0.05, 0) is 74.5 Å². The molecule has 0 amide bonds. The maximum absolute atomic E-state index is 12.0. The third kappa shape index (κ3) is 1.83. The van der Waals surface area contributed by atoms with Crippen LogP contribution >= 0.6 is 0 Å². The highest BCUT2D eigenvalue weighted by Gasteiger charge is 2.63. The van der Waals surface area contributed by atoms with E-state index in [9.17, 15) is 15.0 Å². The molecule has 0 aliphatic heterocycles. The van der Waals surface area contributed by atoms with Crippen LogP contribution in [0.2, 0.25) is 0 Å². The molecule has 0 saturated heterocycles. The number of carbonyl (C=O) groups is 1. The van der Waals surface area contributed by atoms with Crippen LogP contribution in [0.5, 0.6) is 0 Å². The Morgan fingerprint density at radius 2 is 2.04 bits per heavy atom. The molecule has 4 rings (SSSR count). The van der Waals surface area contributed by atoms with E-state index in [1.165, 1.54) is 17.6 Å². The lowest BCUT2D eigenvalue weighted by Crippen LogP contribution is -2.57. The largest absolute Gasteiger partial charge is 0.481 e. The van der Waals surface area contributed by atoms with E-state index in [0.717, 1.165) is 25.7 Å². The average Bonchev–Trinajstić information content (AvgIpc) is 2.67. The van der Waals surface area contributed by atoms with Gasteiger partial charge in [0, 0.05) is 0 Å². The summed E-state index contributed by atoms with van der Waals surface area (Å²) in [6.45, 7) is 8.40. The van der Waals surface area contributed by atoms with Gasteiger partial charge in [-0.1, -0.05) is 30.7 Å². The number of carboxylic acids is 1. The number of allylic oxidation sites excluding steroid dienone is 3. The van der Waals surface area contributed by atoms with Gasteiger partial charge in [-0.25, -0.2) is 0 Å². The predicted octanol–water partition coefficient (Wildman–Crippen LogP) is 3.93. The molecule has 1 spiro atoms. The van der Waals surface area contributed by atoms with Gasteiger partial charge in [-0.3, -0.25) is 4.79 Å². The fourth-order valence-corrected chi connectivity index (χ4v) is 6.99. The number of fused-ring (bicyclic) bond motifs is 3. The first-order valence-electron chi connectivity index (χ1n) is 9.01. The number of aliphatic hydroxyl groups excluding tert-OH is 1. The van der Waals surface area contributed by atoms with Crippen molar-refractivity contribution < 1.29 is 15.0 Å². The van der Waals surface area contributed by atoms with E-state index in [2.05, 4.69) is 19.6 Å². The molecule has 0 heterocycles. The van der Waals surface area contributed by atoms with Crippen molar-refractivity contribution in [1.29, 1.82) is 0 Å². The minimum absolute atomic E-state index is 0.123. The van der Waals surface area contributed by atoms with Gasteiger partial charge in [0.1, 0.15) is 0 Å². The van der Waals surface area contributed by atoms with E-state index in [0.29, 0.717) is 18.8 Å². The van der Waals surface area contributed by atoms with E-state index >= 15 is 0 Å². The summed E-state index contributed by atoms with van der Waals surface area (Å²) in [5, 5.41) is 20.4. The van der Waals surface area contributed by atoms with Gasteiger partial charge in [0.25, 0.3) is 0 Å². The summed E-state index contributed by atoms with van der Waals surface area (Å²) < 4.78 is 0. The third-order valence-electron chi connectivity index (χ3n) is 7.83. The summed E-state index contributed by atoms with van der Waals surface area (Å²) in [5.74, 6) is 0.00463. The second kappa shape index (κ2) is 4.50. The number of aliphatic carboxylic acids is 1. The number of aliphatic hydroxyl groups is 1. The Labute approximate surface area is 138 Å². The fraction of sp³-hybridized carbons (Fsp3) is 0.750. The Hall–Kier alpha value is -1.09. The zero-order chi connectivity index (χ0) is 16.6. The lowest BCUT2D eigenvalue weighted by atomic mass is 9.43. The molecule has 3 heteroatoms. The Morgan fingerprint density at radius 1 is 1.30 bits per heavy atom. The smallest absolute Gasteiger partial charge is 0.309 e. The highest BCUT2D eigenvalue weighted by molar-refractivity contribution is 5.75. The molecule has 3 saturated carbocycles. The standard InChI is InChI=1S/C20H28O3/c1-12-8-20-7-6-15-18(2,16(20)5-4-13(12)9-20)10-14(21)11-19(15,3)17(22)23/h5,13-15,21H,1,4,6-11H2,2-3H3,(H,22,23)/t13-,14+,15+,18-,19-,20-/m1/s1. The van der Waals surface area contributed by atoms with Gasteiger partial charge in [-0.2, -0.15) is 0 Å². The Bertz CT molecular complexity index is 620. The molecule has 3 fully saturated rings. The summed E-state index contributed by atoms with van der Waals surface area (Å²) in [7, 11) is 0. The zero-order valence-corrected chi connectivity index (χ0v) is 14.3. The highest BCUT2D eigenvalue weighted by Crippen LogP contribution is 2.70. The normalized spacial score (nSPS) is 51.7. The van der Waals surface area contributed by atoms with Crippen LogP contribution in [0.25, 0.3) is 0 Å². The molecule has 4 aliphatic rings. The van der Waals surface area contributed by atoms with Gasteiger partial charge in [0.2, 0.25) is 0 Å². The molecular weight excluding hydrogens is 288 g/mol. The van der Waals surface area contributed by atoms with Crippen molar-refractivity contribution in [1.82, 2.24) is 0 Å². The lowest BCUT2D eigenvalue weighted by Gasteiger charge is -2.60. The predicted molar refractivity (Wildman–Crippen MR) is 88.8 cm³/mol. The summed E-state index contributed by atoms with van der Waals surface area (Å²) in [5.41, 5.74) is 2.06. The topological polar surface area (TPSA) is 57.5 Å². The summed E-state index contributed by atoms with van der Waals surface area (Å²) in [6, 6.07) is 0. The SMILES string of the molecule is C=C1C[C@@]23CC[C@@H]4[C@](C)(C(=O)O)C[C@@H](O)C[C@@]4(C)C2=CC[C@@H]1C3. The van der Waals surface area contributed by atoms with Crippen molar-refractivity contribution in [2.45, 2.75) is 64.9 Å². The van der Waals surface area contributed by atoms with Crippen LogP contribution in [0.4, 0.5) is 0 Å². The summed E-state index contributed by atoms with van der Waals surface area (Å²) in [6.07, 6.45) is 8.36. The number of hydrogen-bond donors (Lipinski definition) is 2. The molecule has 0 radical (unpaired) electrons. The Kier molecular flexibility index (Phi) is 3.02. The zero-order valence-electron chi connectivity index (χ0n) is 14.3. The molecular formula is C20H28O3. The molecule has 3 nitrogen and oxygen atoms in total. The molecule has 2 bridgehead atoms.